The van der Waals surface area contributed by atoms with Gasteiger partial charge < -0.3 is 24.8 Å². The number of benzene rings is 1. The second-order valence-electron chi connectivity index (χ2n) is 6.59. The average Bonchev–Trinajstić information content (AvgIpc) is 2.74. The first-order valence-electron chi connectivity index (χ1n) is 9.55. The van der Waals surface area contributed by atoms with Crippen LogP contribution in [0.4, 0.5) is 17.5 Å². The zero-order chi connectivity index (χ0) is 19.8. The fraction of sp³-hybridized carbons (Fsp3) is 0.429. The smallest absolute Gasteiger partial charge is 0.229 e. The van der Waals surface area contributed by atoms with Gasteiger partial charge in [-0.3, -0.25) is 0 Å². The van der Waals surface area contributed by atoms with Crippen molar-refractivity contribution in [3.05, 3.63) is 36.0 Å². The van der Waals surface area contributed by atoms with E-state index in [-0.39, 0.29) is 0 Å². The van der Waals surface area contributed by atoms with E-state index in [1.165, 1.54) is 25.7 Å². The normalized spacial score (nSPS) is 13.5. The number of nitrogens with one attached hydrogen (secondary N) is 2. The zero-order valence-corrected chi connectivity index (χ0v) is 16.7. The van der Waals surface area contributed by atoms with Gasteiger partial charge in [0.05, 0.1) is 21.3 Å². The van der Waals surface area contributed by atoms with Gasteiger partial charge in [0, 0.05) is 30.6 Å². The molecule has 0 amide bonds. The number of ether oxygens (including phenoxy) is 3. The number of hydrogen-bond acceptors (Lipinski definition) is 7. The Kier molecular flexibility index (Phi) is 6.94. The van der Waals surface area contributed by atoms with Gasteiger partial charge in [-0.25, -0.2) is 4.98 Å². The maximum absolute atomic E-state index is 5.39. The summed E-state index contributed by atoms with van der Waals surface area (Å²) in [6.45, 7) is 0.868. The molecule has 3 rings (SSSR count). The van der Waals surface area contributed by atoms with E-state index in [1.54, 1.807) is 33.1 Å². The van der Waals surface area contributed by atoms with Gasteiger partial charge in [0.1, 0.15) is 5.82 Å². The molecule has 2 N–H and O–H groups in total. The molecule has 0 unspecified atom stereocenters. The van der Waals surface area contributed by atoms with Crippen molar-refractivity contribution in [3.63, 3.8) is 0 Å². The predicted molar refractivity (Wildman–Crippen MR) is 111 cm³/mol. The van der Waals surface area contributed by atoms with Crippen LogP contribution < -0.4 is 24.8 Å². The van der Waals surface area contributed by atoms with Gasteiger partial charge in [0.25, 0.3) is 0 Å². The third-order valence-electron chi connectivity index (χ3n) is 4.71. The minimum atomic E-state index is 0.496. The number of methoxy groups -OCH3 is 3. The highest BCUT2D eigenvalue weighted by Crippen LogP contribution is 2.40. The molecule has 0 radical (unpaired) electrons. The van der Waals surface area contributed by atoms with Crippen molar-refractivity contribution in [1.29, 1.82) is 0 Å². The molecule has 0 spiro atoms. The summed E-state index contributed by atoms with van der Waals surface area (Å²) < 4.78 is 16.1. The molecule has 2 aromatic rings. The molecule has 0 saturated heterocycles. The van der Waals surface area contributed by atoms with Crippen LogP contribution in [-0.2, 0) is 0 Å². The fourth-order valence-corrected chi connectivity index (χ4v) is 3.28. The van der Waals surface area contributed by atoms with Crippen LogP contribution in [0.15, 0.2) is 36.0 Å². The Morgan fingerprint density at radius 3 is 2.46 bits per heavy atom. The first kappa shape index (κ1) is 19.8. The third-order valence-corrected chi connectivity index (χ3v) is 4.71. The molecular formula is C21H28N4O3. The number of allylic oxidation sites excluding steroid dienone is 1. The van der Waals surface area contributed by atoms with Crippen molar-refractivity contribution < 1.29 is 14.2 Å². The van der Waals surface area contributed by atoms with Crippen LogP contribution >= 0.6 is 0 Å². The lowest BCUT2D eigenvalue weighted by atomic mass is 9.97. The van der Waals surface area contributed by atoms with Gasteiger partial charge in [-0.05, 0) is 38.2 Å². The maximum Gasteiger partial charge on any atom is 0.229 e. The fourth-order valence-electron chi connectivity index (χ4n) is 3.28. The molecule has 1 heterocycles. The number of nitrogens with zero attached hydrogens (tertiary/aromatic N) is 2. The van der Waals surface area contributed by atoms with E-state index in [2.05, 4.69) is 26.7 Å². The number of aromatic nitrogens is 2. The zero-order valence-electron chi connectivity index (χ0n) is 16.7. The van der Waals surface area contributed by atoms with E-state index in [0.29, 0.717) is 23.2 Å². The standard InChI is InChI=1S/C21H28N4O3/c1-26-17-13-16(14-18(27-2)20(17)28-3)24-21-23-12-10-19(25-21)22-11-9-15-7-5-4-6-8-15/h7,10,12-14H,4-6,8-9,11H2,1-3H3,(H2,22,23,24,25). The summed E-state index contributed by atoms with van der Waals surface area (Å²) in [6, 6.07) is 5.51. The Morgan fingerprint density at radius 2 is 1.82 bits per heavy atom. The summed E-state index contributed by atoms with van der Waals surface area (Å²) in [7, 11) is 4.75. The first-order chi connectivity index (χ1) is 13.7. The second kappa shape index (κ2) is 9.82. The number of anilines is 3. The molecule has 1 aromatic heterocycles. The van der Waals surface area contributed by atoms with Gasteiger partial charge in [-0.1, -0.05) is 11.6 Å². The molecule has 0 saturated carbocycles. The highest BCUT2D eigenvalue weighted by Gasteiger charge is 2.14. The molecule has 0 aliphatic heterocycles. The summed E-state index contributed by atoms with van der Waals surface area (Å²) >= 11 is 0. The average molecular weight is 384 g/mol. The van der Waals surface area contributed by atoms with Crippen molar-refractivity contribution in [2.24, 2.45) is 0 Å². The summed E-state index contributed by atoms with van der Waals surface area (Å²) in [6.07, 6.45) is 10.2. The summed E-state index contributed by atoms with van der Waals surface area (Å²) in [5.74, 6) is 2.97. The van der Waals surface area contributed by atoms with Crippen molar-refractivity contribution >= 4 is 17.5 Å². The Labute approximate surface area is 166 Å². The number of hydrogen-bond donors (Lipinski definition) is 2. The molecule has 0 fully saturated rings. The van der Waals surface area contributed by atoms with E-state index in [0.717, 1.165) is 24.5 Å². The predicted octanol–water partition coefficient (Wildman–Crippen LogP) is 4.55. The van der Waals surface area contributed by atoms with Crippen molar-refractivity contribution in [3.8, 4) is 17.2 Å². The summed E-state index contributed by atoms with van der Waals surface area (Å²) in [5.41, 5.74) is 2.29. The lowest BCUT2D eigenvalue weighted by Crippen LogP contribution is -2.07. The number of rotatable bonds is 9. The molecule has 1 aliphatic carbocycles. The summed E-state index contributed by atoms with van der Waals surface area (Å²) in [5, 5.41) is 6.58. The molecule has 7 heteroatoms. The molecule has 0 bridgehead atoms. The van der Waals surface area contributed by atoms with Crippen LogP contribution in [-0.4, -0.2) is 37.8 Å². The van der Waals surface area contributed by atoms with Crippen molar-refractivity contribution in [2.45, 2.75) is 32.1 Å². The maximum atomic E-state index is 5.39. The van der Waals surface area contributed by atoms with E-state index in [4.69, 9.17) is 14.2 Å². The lowest BCUT2D eigenvalue weighted by Gasteiger charge is -2.15. The molecule has 1 aliphatic rings. The largest absolute Gasteiger partial charge is 0.493 e. The third kappa shape index (κ3) is 5.06. The van der Waals surface area contributed by atoms with Gasteiger partial charge in [-0.15, -0.1) is 0 Å². The van der Waals surface area contributed by atoms with Gasteiger partial charge in [0.15, 0.2) is 11.5 Å². The van der Waals surface area contributed by atoms with Crippen LogP contribution in [0.3, 0.4) is 0 Å². The van der Waals surface area contributed by atoms with E-state index < -0.39 is 0 Å². The monoisotopic (exact) mass is 384 g/mol. The SMILES string of the molecule is COc1cc(Nc2nccc(NCCC3=CCCCC3)n2)cc(OC)c1OC. The van der Waals surface area contributed by atoms with Crippen LogP contribution in [0.5, 0.6) is 17.2 Å². The highest BCUT2D eigenvalue weighted by atomic mass is 16.5. The molecule has 150 valence electrons. The molecule has 0 atom stereocenters. The molecular weight excluding hydrogens is 356 g/mol. The topological polar surface area (TPSA) is 77.5 Å². The Morgan fingerprint density at radius 1 is 1.04 bits per heavy atom. The minimum Gasteiger partial charge on any atom is -0.493 e. The quantitative estimate of drug-likeness (QED) is 0.614. The van der Waals surface area contributed by atoms with E-state index >= 15 is 0 Å². The minimum absolute atomic E-state index is 0.496. The Balaban J connectivity index is 1.66. The lowest BCUT2D eigenvalue weighted by molar-refractivity contribution is 0.324. The first-order valence-corrected chi connectivity index (χ1v) is 9.55. The van der Waals surface area contributed by atoms with Crippen molar-refractivity contribution in [1.82, 2.24) is 9.97 Å². The Hall–Kier alpha value is -2.96. The van der Waals surface area contributed by atoms with Gasteiger partial charge in [-0.2, -0.15) is 4.98 Å². The highest BCUT2D eigenvalue weighted by molar-refractivity contribution is 5.66. The second-order valence-corrected chi connectivity index (χ2v) is 6.59. The molecule has 28 heavy (non-hydrogen) atoms. The molecule has 1 aromatic carbocycles. The van der Waals surface area contributed by atoms with Crippen LogP contribution in [0.1, 0.15) is 32.1 Å². The Bertz CT molecular complexity index is 798. The van der Waals surface area contributed by atoms with E-state index in [1.807, 2.05) is 18.2 Å². The van der Waals surface area contributed by atoms with Crippen LogP contribution in [0.2, 0.25) is 0 Å². The molecule has 7 nitrogen and oxygen atoms in total. The van der Waals surface area contributed by atoms with Gasteiger partial charge >= 0.3 is 0 Å². The summed E-state index contributed by atoms with van der Waals surface area (Å²) in [4.78, 5) is 8.84. The van der Waals surface area contributed by atoms with Crippen LogP contribution in [0.25, 0.3) is 0 Å². The van der Waals surface area contributed by atoms with E-state index in [9.17, 15) is 0 Å². The van der Waals surface area contributed by atoms with Crippen LogP contribution in [0, 0.1) is 0 Å². The van der Waals surface area contributed by atoms with Crippen molar-refractivity contribution in [2.75, 3.05) is 38.5 Å². The van der Waals surface area contributed by atoms with Gasteiger partial charge in [0.2, 0.25) is 11.7 Å².